The third-order valence-corrected chi connectivity index (χ3v) is 6.24. The molecule has 24 heavy (non-hydrogen) atoms. The van der Waals surface area contributed by atoms with Gasteiger partial charge in [-0.3, -0.25) is 9.89 Å². The standard InChI is InChI=1S/C18H26N4S2/c19-18(20-8-5-16-3-1-11-23-16)21-13-15-6-9-22(10-7-15)14-17-4-2-12-24-17/h1-4,11-12,15H,5-10,13-14H2,(H3,19,20,21). The predicted molar refractivity (Wildman–Crippen MR) is 105 cm³/mol. The predicted octanol–water partition coefficient (Wildman–Crippen LogP) is 3.17. The van der Waals surface area contributed by atoms with E-state index in [-0.39, 0.29) is 0 Å². The number of nitrogens with two attached hydrogens (primary N) is 1. The topological polar surface area (TPSA) is 53.6 Å². The first-order valence-corrected chi connectivity index (χ1v) is 10.4. The Morgan fingerprint density at radius 1 is 1.17 bits per heavy atom. The van der Waals surface area contributed by atoms with Crippen molar-refractivity contribution >= 4 is 28.6 Å². The Labute approximate surface area is 152 Å². The zero-order chi connectivity index (χ0) is 16.6. The van der Waals surface area contributed by atoms with Crippen LogP contribution in [-0.4, -0.2) is 37.0 Å². The lowest BCUT2D eigenvalue weighted by molar-refractivity contribution is 0.182. The van der Waals surface area contributed by atoms with Crippen LogP contribution in [0.15, 0.2) is 40.0 Å². The average Bonchev–Trinajstić information content (AvgIpc) is 3.28. The molecule has 3 rings (SSSR count). The van der Waals surface area contributed by atoms with Gasteiger partial charge in [0.15, 0.2) is 5.96 Å². The fraction of sp³-hybridized carbons (Fsp3) is 0.500. The van der Waals surface area contributed by atoms with Gasteiger partial charge in [-0.15, -0.1) is 22.7 Å². The molecular weight excluding hydrogens is 336 g/mol. The zero-order valence-corrected chi connectivity index (χ0v) is 15.6. The molecule has 1 aliphatic rings. The van der Waals surface area contributed by atoms with E-state index in [1.807, 2.05) is 11.3 Å². The highest BCUT2D eigenvalue weighted by molar-refractivity contribution is 7.10. The van der Waals surface area contributed by atoms with Crippen molar-refractivity contribution in [1.29, 1.82) is 0 Å². The van der Waals surface area contributed by atoms with Gasteiger partial charge in [0, 0.05) is 29.4 Å². The van der Waals surface area contributed by atoms with Crippen LogP contribution in [0.1, 0.15) is 22.6 Å². The van der Waals surface area contributed by atoms with Crippen LogP contribution in [0.25, 0.3) is 0 Å². The van der Waals surface area contributed by atoms with Gasteiger partial charge in [0.2, 0.25) is 0 Å². The Kier molecular flexibility index (Phi) is 6.69. The van der Waals surface area contributed by atoms with Crippen molar-refractivity contribution < 1.29 is 0 Å². The zero-order valence-electron chi connectivity index (χ0n) is 14.0. The Balaban J connectivity index is 1.31. The molecular formula is C18H26N4S2. The van der Waals surface area contributed by atoms with Crippen molar-refractivity contribution in [3.8, 4) is 0 Å². The van der Waals surface area contributed by atoms with Crippen LogP contribution in [0.5, 0.6) is 0 Å². The Morgan fingerprint density at radius 3 is 2.54 bits per heavy atom. The summed E-state index contributed by atoms with van der Waals surface area (Å²) in [5, 5.41) is 7.49. The second-order valence-corrected chi connectivity index (χ2v) is 8.35. The van der Waals surface area contributed by atoms with Crippen LogP contribution in [0.4, 0.5) is 0 Å². The minimum atomic E-state index is 0.590. The van der Waals surface area contributed by atoms with Crippen molar-refractivity contribution in [3.05, 3.63) is 44.8 Å². The second kappa shape index (κ2) is 9.20. The summed E-state index contributed by atoms with van der Waals surface area (Å²) in [6.45, 7) is 5.15. The summed E-state index contributed by atoms with van der Waals surface area (Å²) in [6.07, 6.45) is 3.45. The summed E-state index contributed by atoms with van der Waals surface area (Å²) in [5.41, 5.74) is 5.98. The lowest BCUT2D eigenvalue weighted by Gasteiger charge is -2.30. The summed E-state index contributed by atoms with van der Waals surface area (Å²) >= 11 is 3.64. The van der Waals surface area contributed by atoms with Crippen molar-refractivity contribution in [2.24, 2.45) is 16.6 Å². The summed E-state index contributed by atoms with van der Waals surface area (Å²) in [5.74, 6) is 1.26. The van der Waals surface area contributed by atoms with Gasteiger partial charge in [-0.2, -0.15) is 0 Å². The van der Waals surface area contributed by atoms with E-state index < -0.39 is 0 Å². The van der Waals surface area contributed by atoms with Crippen LogP contribution >= 0.6 is 22.7 Å². The molecule has 0 bridgehead atoms. The number of nitrogens with zero attached hydrogens (tertiary/aromatic N) is 2. The minimum absolute atomic E-state index is 0.590. The van der Waals surface area contributed by atoms with E-state index in [0.717, 1.165) is 26.1 Å². The Bertz CT molecular complexity index is 599. The molecule has 1 fully saturated rings. The van der Waals surface area contributed by atoms with Crippen LogP contribution in [0.2, 0.25) is 0 Å². The average molecular weight is 363 g/mol. The van der Waals surface area contributed by atoms with E-state index in [0.29, 0.717) is 11.9 Å². The third-order valence-electron chi connectivity index (χ3n) is 4.44. The Morgan fingerprint density at radius 2 is 1.88 bits per heavy atom. The van der Waals surface area contributed by atoms with Gasteiger partial charge in [0.25, 0.3) is 0 Å². The van der Waals surface area contributed by atoms with Gasteiger partial charge in [-0.05, 0) is 61.2 Å². The van der Waals surface area contributed by atoms with Gasteiger partial charge in [-0.1, -0.05) is 12.1 Å². The Hall–Kier alpha value is -1.37. The molecule has 2 aromatic heterocycles. The first-order chi connectivity index (χ1) is 11.8. The number of guanidine groups is 1. The quantitative estimate of drug-likeness (QED) is 0.588. The number of piperidine rings is 1. The fourth-order valence-electron chi connectivity index (χ4n) is 3.00. The number of hydrogen-bond donors (Lipinski definition) is 2. The van der Waals surface area contributed by atoms with E-state index in [1.54, 1.807) is 11.3 Å². The van der Waals surface area contributed by atoms with Gasteiger partial charge in [0.05, 0.1) is 0 Å². The largest absolute Gasteiger partial charge is 0.370 e. The summed E-state index contributed by atoms with van der Waals surface area (Å²) in [6, 6.07) is 8.60. The van der Waals surface area contributed by atoms with Crippen LogP contribution < -0.4 is 11.1 Å². The molecule has 0 aromatic carbocycles. The molecule has 1 saturated heterocycles. The molecule has 3 N–H and O–H groups in total. The molecule has 0 aliphatic carbocycles. The SMILES string of the molecule is NC(=NCC1CCN(Cc2cccs2)CC1)NCCc1cccs1. The van der Waals surface area contributed by atoms with E-state index >= 15 is 0 Å². The molecule has 0 amide bonds. The number of nitrogens with one attached hydrogen (secondary N) is 1. The van der Waals surface area contributed by atoms with Crippen molar-refractivity contribution in [2.45, 2.75) is 25.8 Å². The molecule has 0 atom stereocenters. The number of aliphatic imine (C=N–C) groups is 1. The highest BCUT2D eigenvalue weighted by atomic mass is 32.1. The van der Waals surface area contributed by atoms with E-state index in [9.17, 15) is 0 Å². The first-order valence-electron chi connectivity index (χ1n) is 8.60. The molecule has 130 valence electrons. The fourth-order valence-corrected chi connectivity index (χ4v) is 4.46. The number of hydrogen-bond acceptors (Lipinski definition) is 4. The molecule has 4 nitrogen and oxygen atoms in total. The summed E-state index contributed by atoms with van der Waals surface area (Å²) < 4.78 is 0. The minimum Gasteiger partial charge on any atom is -0.370 e. The van der Waals surface area contributed by atoms with Crippen molar-refractivity contribution in [2.75, 3.05) is 26.2 Å². The van der Waals surface area contributed by atoms with E-state index in [4.69, 9.17) is 5.73 Å². The third kappa shape index (κ3) is 5.61. The molecule has 0 spiro atoms. The maximum Gasteiger partial charge on any atom is 0.188 e. The molecule has 2 aromatic rings. The monoisotopic (exact) mass is 362 g/mol. The molecule has 0 saturated carbocycles. The normalized spacial score (nSPS) is 17.2. The number of thiophene rings is 2. The summed E-state index contributed by atoms with van der Waals surface area (Å²) in [4.78, 5) is 9.93. The maximum absolute atomic E-state index is 5.98. The lowest BCUT2D eigenvalue weighted by Crippen LogP contribution is -2.36. The highest BCUT2D eigenvalue weighted by Crippen LogP contribution is 2.20. The van der Waals surface area contributed by atoms with Crippen LogP contribution in [0, 0.1) is 5.92 Å². The highest BCUT2D eigenvalue weighted by Gasteiger charge is 2.19. The maximum atomic E-state index is 5.98. The first kappa shape index (κ1) is 17.5. The molecule has 0 radical (unpaired) electrons. The van der Waals surface area contributed by atoms with E-state index in [2.05, 4.69) is 50.2 Å². The van der Waals surface area contributed by atoms with Gasteiger partial charge >= 0.3 is 0 Å². The second-order valence-electron chi connectivity index (χ2n) is 6.28. The molecule has 0 unspecified atom stereocenters. The summed E-state index contributed by atoms with van der Waals surface area (Å²) in [7, 11) is 0. The van der Waals surface area contributed by atoms with Crippen molar-refractivity contribution in [3.63, 3.8) is 0 Å². The van der Waals surface area contributed by atoms with E-state index in [1.165, 1.54) is 35.7 Å². The number of likely N-dealkylation sites (tertiary alicyclic amines) is 1. The van der Waals surface area contributed by atoms with Gasteiger partial charge < -0.3 is 11.1 Å². The molecule has 3 heterocycles. The van der Waals surface area contributed by atoms with Crippen LogP contribution in [0.3, 0.4) is 0 Å². The smallest absolute Gasteiger partial charge is 0.188 e. The van der Waals surface area contributed by atoms with Gasteiger partial charge in [0.1, 0.15) is 0 Å². The number of rotatable bonds is 7. The van der Waals surface area contributed by atoms with Crippen LogP contribution in [-0.2, 0) is 13.0 Å². The lowest BCUT2D eigenvalue weighted by atomic mass is 9.97. The molecule has 1 aliphatic heterocycles. The molecule has 6 heteroatoms. The van der Waals surface area contributed by atoms with Gasteiger partial charge in [-0.25, -0.2) is 0 Å². The van der Waals surface area contributed by atoms with Crippen molar-refractivity contribution in [1.82, 2.24) is 10.2 Å².